The zero-order valence-electron chi connectivity index (χ0n) is 16.5. The molecule has 1 amide bonds. The molecule has 1 saturated heterocycles. The number of amides is 1. The highest BCUT2D eigenvalue weighted by Crippen LogP contribution is 2.21. The number of carbonyl (C=O) groups excluding carboxylic acids is 2. The largest absolute Gasteiger partial charge is 0.452 e. The van der Waals surface area contributed by atoms with Gasteiger partial charge in [-0.05, 0) is 55.7 Å². The Morgan fingerprint density at radius 1 is 1.07 bits per heavy atom. The van der Waals surface area contributed by atoms with E-state index in [-0.39, 0.29) is 6.61 Å². The monoisotopic (exact) mass is 405 g/mol. The molecule has 7 nitrogen and oxygen atoms in total. The molecule has 0 bridgehead atoms. The van der Waals surface area contributed by atoms with E-state index >= 15 is 0 Å². The first-order valence-corrected chi connectivity index (χ1v) is 10.0. The number of nitrogens with zero attached hydrogens (tertiary/aromatic N) is 2. The van der Waals surface area contributed by atoms with Gasteiger partial charge < -0.3 is 19.4 Å². The van der Waals surface area contributed by atoms with Crippen LogP contribution < -0.4 is 10.2 Å². The second-order valence-corrected chi connectivity index (χ2v) is 7.10. The van der Waals surface area contributed by atoms with E-state index in [1.807, 2.05) is 42.5 Å². The summed E-state index contributed by atoms with van der Waals surface area (Å²) in [5.41, 5.74) is 3.16. The van der Waals surface area contributed by atoms with Gasteiger partial charge in [-0.2, -0.15) is 0 Å². The number of anilines is 2. The van der Waals surface area contributed by atoms with E-state index < -0.39 is 11.9 Å². The minimum Gasteiger partial charge on any atom is -0.452 e. The Hall–Kier alpha value is -3.61. The first-order valence-electron chi connectivity index (χ1n) is 10.0. The summed E-state index contributed by atoms with van der Waals surface area (Å²) in [5.74, 6) is -0.747. The second kappa shape index (κ2) is 9.26. The van der Waals surface area contributed by atoms with E-state index in [1.165, 1.54) is 31.4 Å². The zero-order valence-corrected chi connectivity index (χ0v) is 16.5. The standard InChI is InChI=1S/C23H23N3O4/c27-21(24-17-8-10-18(11-9-17)26-14-4-1-5-15-26)16-29-23(28)13-12-22-25-19-6-2-3-7-20(19)30-22/h2-3,6-13H,1,4-5,14-16H2,(H,24,27)/b13-12+. The van der Waals surface area contributed by atoms with Gasteiger partial charge in [-0.1, -0.05) is 12.1 Å². The van der Waals surface area contributed by atoms with Gasteiger partial charge in [0.25, 0.3) is 5.91 Å². The van der Waals surface area contributed by atoms with Gasteiger partial charge in [0.05, 0.1) is 0 Å². The summed E-state index contributed by atoms with van der Waals surface area (Å²) in [4.78, 5) is 30.5. The van der Waals surface area contributed by atoms with E-state index in [4.69, 9.17) is 9.15 Å². The average molecular weight is 405 g/mol. The quantitative estimate of drug-likeness (QED) is 0.493. The molecule has 0 aliphatic carbocycles. The molecule has 0 radical (unpaired) electrons. The van der Waals surface area contributed by atoms with Crippen LogP contribution >= 0.6 is 0 Å². The number of ether oxygens (including phenoxy) is 1. The summed E-state index contributed by atoms with van der Waals surface area (Å²) >= 11 is 0. The summed E-state index contributed by atoms with van der Waals surface area (Å²) in [7, 11) is 0. The van der Waals surface area contributed by atoms with Crippen LogP contribution in [0.1, 0.15) is 25.2 Å². The minimum atomic E-state index is -0.646. The van der Waals surface area contributed by atoms with Gasteiger partial charge in [-0.15, -0.1) is 0 Å². The van der Waals surface area contributed by atoms with Crippen molar-refractivity contribution in [3.05, 3.63) is 60.5 Å². The van der Waals surface area contributed by atoms with Crippen LogP contribution in [0.15, 0.2) is 59.0 Å². The molecule has 1 N–H and O–H groups in total. The number of hydrogen-bond donors (Lipinski definition) is 1. The number of para-hydroxylation sites is 2. The van der Waals surface area contributed by atoms with Crippen molar-refractivity contribution >= 4 is 40.4 Å². The topological polar surface area (TPSA) is 84.7 Å². The van der Waals surface area contributed by atoms with Crippen LogP contribution in [-0.2, 0) is 14.3 Å². The maximum atomic E-state index is 12.0. The molecule has 0 spiro atoms. The van der Waals surface area contributed by atoms with Crippen molar-refractivity contribution in [1.29, 1.82) is 0 Å². The lowest BCUT2D eigenvalue weighted by atomic mass is 10.1. The predicted octanol–water partition coefficient (Wildman–Crippen LogP) is 4.01. The van der Waals surface area contributed by atoms with Crippen LogP contribution in [-0.4, -0.2) is 36.6 Å². The highest BCUT2D eigenvalue weighted by molar-refractivity contribution is 5.94. The van der Waals surface area contributed by atoms with Crippen molar-refractivity contribution in [3.8, 4) is 0 Å². The summed E-state index contributed by atoms with van der Waals surface area (Å²) < 4.78 is 10.5. The number of piperidine rings is 1. The van der Waals surface area contributed by atoms with Gasteiger partial charge in [0.2, 0.25) is 5.89 Å². The molecule has 0 saturated carbocycles. The maximum absolute atomic E-state index is 12.0. The smallest absolute Gasteiger partial charge is 0.331 e. The van der Waals surface area contributed by atoms with E-state index in [1.54, 1.807) is 6.07 Å². The lowest BCUT2D eigenvalue weighted by Crippen LogP contribution is -2.29. The third-order valence-corrected chi connectivity index (χ3v) is 4.89. The lowest BCUT2D eigenvalue weighted by Gasteiger charge is -2.28. The number of hydrogen-bond acceptors (Lipinski definition) is 6. The number of esters is 1. The number of aromatic nitrogens is 1. The van der Waals surface area contributed by atoms with Crippen molar-refractivity contribution in [2.75, 3.05) is 29.9 Å². The van der Waals surface area contributed by atoms with Gasteiger partial charge in [-0.25, -0.2) is 9.78 Å². The minimum absolute atomic E-state index is 0.298. The number of rotatable bonds is 6. The fraction of sp³-hybridized carbons (Fsp3) is 0.261. The Labute approximate surface area is 174 Å². The van der Waals surface area contributed by atoms with E-state index in [2.05, 4.69) is 15.2 Å². The van der Waals surface area contributed by atoms with Crippen LogP contribution in [0.4, 0.5) is 11.4 Å². The molecule has 1 aliphatic rings. The van der Waals surface area contributed by atoms with Crippen LogP contribution in [0.3, 0.4) is 0 Å². The van der Waals surface area contributed by atoms with Crippen molar-refractivity contribution < 1.29 is 18.7 Å². The highest BCUT2D eigenvalue weighted by Gasteiger charge is 2.11. The SMILES string of the molecule is O=C(COC(=O)/C=C/c1nc2ccccc2o1)Nc1ccc(N2CCCCC2)cc1. The Balaban J connectivity index is 1.24. The molecular weight excluding hydrogens is 382 g/mol. The Morgan fingerprint density at radius 2 is 1.83 bits per heavy atom. The number of carbonyl (C=O) groups is 2. The summed E-state index contributed by atoms with van der Waals surface area (Å²) in [6, 6.07) is 15.0. The summed E-state index contributed by atoms with van der Waals surface area (Å²) in [6.07, 6.45) is 6.31. The summed E-state index contributed by atoms with van der Waals surface area (Å²) in [5, 5.41) is 2.73. The summed E-state index contributed by atoms with van der Waals surface area (Å²) in [6.45, 7) is 1.77. The fourth-order valence-electron chi connectivity index (χ4n) is 3.39. The molecule has 30 heavy (non-hydrogen) atoms. The van der Waals surface area contributed by atoms with Gasteiger partial charge in [0.1, 0.15) is 5.52 Å². The van der Waals surface area contributed by atoms with Gasteiger partial charge >= 0.3 is 5.97 Å². The zero-order chi connectivity index (χ0) is 20.8. The first kappa shape index (κ1) is 19.7. The fourth-order valence-corrected chi connectivity index (χ4v) is 3.39. The molecule has 1 aliphatic heterocycles. The molecule has 4 rings (SSSR count). The van der Waals surface area contributed by atoms with E-state index in [0.717, 1.165) is 18.8 Å². The molecule has 2 heterocycles. The molecule has 3 aromatic rings. The predicted molar refractivity (Wildman–Crippen MR) is 115 cm³/mol. The van der Waals surface area contributed by atoms with Gasteiger partial charge in [0.15, 0.2) is 12.2 Å². The van der Waals surface area contributed by atoms with E-state index in [9.17, 15) is 9.59 Å². The molecule has 0 atom stereocenters. The van der Waals surface area contributed by atoms with Crippen LogP contribution in [0.25, 0.3) is 17.2 Å². The molecule has 154 valence electrons. The van der Waals surface area contributed by atoms with Gasteiger partial charge in [0, 0.05) is 36.6 Å². The molecule has 1 fully saturated rings. The normalized spacial score (nSPS) is 14.2. The molecule has 1 aromatic heterocycles. The molecular formula is C23H23N3O4. The van der Waals surface area contributed by atoms with Gasteiger partial charge in [-0.3, -0.25) is 4.79 Å². The molecule has 7 heteroatoms. The number of benzene rings is 2. The number of fused-ring (bicyclic) bond motifs is 1. The van der Waals surface area contributed by atoms with Crippen molar-refractivity contribution in [2.45, 2.75) is 19.3 Å². The third-order valence-electron chi connectivity index (χ3n) is 4.89. The van der Waals surface area contributed by atoms with Crippen LogP contribution in [0.2, 0.25) is 0 Å². The lowest BCUT2D eigenvalue weighted by molar-refractivity contribution is -0.142. The highest BCUT2D eigenvalue weighted by atomic mass is 16.5. The molecule has 0 unspecified atom stereocenters. The maximum Gasteiger partial charge on any atom is 0.331 e. The Bertz CT molecular complexity index is 1020. The van der Waals surface area contributed by atoms with Crippen LogP contribution in [0.5, 0.6) is 0 Å². The first-order chi connectivity index (χ1) is 14.7. The van der Waals surface area contributed by atoms with Crippen LogP contribution in [0, 0.1) is 0 Å². The number of oxazole rings is 1. The average Bonchev–Trinajstić information content (AvgIpc) is 3.20. The number of nitrogens with one attached hydrogen (secondary N) is 1. The Kier molecular flexibility index (Phi) is 6.08. The third kappa shape index (κ3) is 5.05. The Morgan fingerprint density at radius 3 is 2.60 bits per heavy atom. The molecule has 2 aromatic carbocycles. The van der Waals surface area contributed by atoms with E-state index in [0.29, 0.717) is 22.7 Å². The van der Waals surface area contributed by atoms with Crippen molar-refractivity contribution in [3.63, 3.8) is 0 Å². The second-order valence-electron chi connectivity index (χ2n) is 7.10. The van der Waals surface area contributed by atoms with Crippen molar-refractivity contribution in [2.24, 2.45) is 0 Å². The van der Waals surface area contributed by atoms with Crippen molar-refractivity contribution in [1.82, 2.24) is 4.98 Å².